The van der Waals surface area contributed by atoms with E-state index in [0.717, 1.165) is 24.9 Å². The average molecular weight is 300 g/mol. The fourth-order valence-corrected chi connectivity index (χ4v) is 2.28. The summed E-state index contributed by atoms with van der Waals surface area (Å²) in [7, 11) is 1.43. The highest BCUT2D eigenvalue weighted by Crippen LogP contribution is 2.27. The molecule has 1 N–H and O–H groups in total. The van der Waals surface area contributed by atoms with Gasteiger partial charge in [-0.3, -0.25) is 10.1 Å². The highest BCUT2D eigenvalue weighted by Gasteiger charge is 2.14. The van der Waals surface area contributed by atoms with Crippen molar-refractivity contribution in [2.75, 3.05) is 13.7 Å². The number of nitrogens with one attached hydrogen (secondary N) is 1. The Labute approximate surface area is 130 Å². The molecule has 0 fully saturated rings. The zero-order valence-corrected chi connectivity index (χ0v) is 12.6. The van der Waals surface area contributed by atoms with Crippen LogP contribution in [0.1, 0.15) is 17.5 Å². The molecule has 0 saturated carbocycles. The zero-order valence-electron chi connectivity index (χ0n) is 12.6. The lowest BCUT2D eigenvalue weighted by Gasteiger charge is -2.07. The van der Waals surface area contributed by atoms with Gasteiger partial charge in [-0.05, 0) is 36.6 Å². The third kappa shape index (κ3) is 4.56. The number of ether oxygens (including phenoxy) is 1. The standard InChI is InChI=1S/C17H20N2O3/c1-22-17-10-9-15(12-16(17)19(20)21)13-18-11-5-8-14-6-3-2-4-7-14/h2-4,6-7,9-10,12,18H,5,8,11,13H2,1H3. The largest absolute Gasteiger partial charge is 0.490 e. The average Bonchev–Trinajstić information content (AvgIpc) is 2.55. The molecule has 5 heteroatoms. The number of rotatable bonds is 8. The maximum absolute atomic E-state index is 11.0. The third-order valence-corrected chi connectivity index (χ3v) is 3.43. The summed E-state index contributed by atoms with van der Waals surface area (Å²) in [6.07, 6.45) is 2.05. The monoisotopic (exact) mass is 300 g/mol. The minimum absolute atomic E-state index is 0.00563. The Morgan fingerprint density at radius 2 is 1.91 bits per heavy atom. The van der Waals surface area contributed by atoms with E-state index < -0.39 is 4.92 Å². The predicted octanol–water partition coefficient (Wildman–Crippen LogP) is 3.33. The molecule has 0 aromatic heterocycles. The van der Waals surface area contributed by atoms with Crippen molar-refractivity contribution in [3.05, 3.63) is 69.8 Å². The van der Waals surface area contributed by atoms with Gasteiger partial charge in [0.05, 0.1) is 12.0 Å². The Morgan fingerprint density at radius 3 is 2.59 bits per heavy atom. The van der Waals surface area contributed by atoms with Crippen LogP contribution in [0.4, 0.5) is 5.69 Å². The van der Waals surface area contributed by atoms with Crippen LogP contribution in [0.3, 0.4) is 0 Å². The third-order valence-electron chi connectivity index (χ3n) is 3.43. The van der Waals surface area contributed by atoms with Crippen LogP contribution in [0.2, 0.25) is 0 Å². The Kier molecular flexibility index (Phi) is 5.91. The van der Waals surface area contributed by atoms with E-state index in [9.17, 15) is 10.1 Å². The molecule has 0 aliphatic rings. The summed E-state index contributed by atoms with van der Waals surface area (Å²) < 4.78 is 4.99. The summed E-state index contributed by atoms with van der Waals surface area (Å²) >= 11 is 0. The van der Waals surface area contributed by atoms with Crippen molar-refractivity contribution in [1.82, 2.24) is 5.32 Å². The highest BCUT2D eigenvalue weighted by atomic mass is 16.6. The van der Waals surface area contributed by atoms with Crippen molar-refractivity contribution in [3.8, 4) is 5.75 Å². The number of nitro groups is 1. The van der Waals surface area contributed by atoms with E-state index in [1.165, 1.54) is 12.7 Å². The molecule has 0 saturated heterocycles. The maximum atomic E-state index is 11.0. The quantitative estimate of drug-likeness (QED) is 0.461. The number of nitrogens with zero attached hydrogens (tertiary/aromatic N) is 1. The van der Waals surface area contributed by atoms with Crippen LogP contribution >= 0.6 is 0 Å². The lowest BCUT2D eigenvalue weighted by atomic mass is 10.1. The first-order valence-electron chi connectivity index (χ1n) is 7.26. The van der Waals surface area contributed by atoms with E-state index in [1.54, 1.807) is 12.1 Å². The van der Waals surface area contributed by atoms with E-state index in [0.29, 0.717) is 6.54 Å². The van der Waals surface area contributed by atoms with E-state index in [4.69, 9.17) is 4.74 Å². The summed E-state index contributed by atoms with van der Waals surface area (Å²) in [6, 6.07) is 15.4. The number of benzene rings is 2. The van der Waals surface area contributed by atoms with Gasteiger partial charge in [-0.2, -0.15) is 0 Å². The second-order valence-corrected chi connectivity index (χ2v) is 5.03. The van der Waals surface area contributed by atoms with Crippen molar-refractivity contribution < 1.29 is 9.66 Å². The summed E-state index contributed by atoms with van der Waals surface area (Å²) in [6.45, 7) is 1.48. The van der Waals surface area contributed by atoms with Gasteiger partial charge >= 0.3 is 5.69 Å². The van der Waals surface area contributed by atoms with Gasteiger partial charge in [0.25, 0.3) is 0 Å². The Hall–Kier alpha value is -2.40. The van der Waals surface area contributed by atoms with Crippen molar-refractivity contribution in [2.24, 2.45) is 0 Å². The lowest BCUT2D eigenvalue weighted by Crippen LogP contribution is -2.15. The Morgan fingerprint density at radius 1 is 1.14 bits per heavy atom. The number of hydrogen-bond acceptors (Lipinski definition) is 4. The van der Waals surface area contributed by atoms with Gasteiger partial charge < -0.3 is 10.1 Å². The molecule has 2 rings (SSSR count). The molecule has 0 amide bonds. The van der Waals surface area contributed by atoms with E-state index in [2.05, 4.69) is 17.4 Å². The molecule has 0 atom stereocenters. The summed E-state index contributed by atoms with van der Waals surface area (Å²) in [5, 5.41) is 14.3. The fraction of sp³-hybridized carbons (Fsp3) is 0.294. The molecule has 0 aliphatic carbocycles. The molecule has 0 spiro atoms. The van der Waals surface area contributed by atoms with Crippen molar-refractivity contribution >= 4 is 5.69 Å². The molecule has 0 aliphatic heterocycles. The second-order valence-electron chi connectivity index (χ2n) is 5.03. The van der Waals surface area contributed by atoms with Crippen molar-refractivity contribution in [3.63, 3.8) is 0 Å². The molecule has 0 radical (unpaired) electrons. The fourth-order valence-electron chi connectivity index (χ4n) is 2.28. The summed E-state index contributed by atoms with van der Waals surface area (Å²) in [5.74, 6) is 0.290. The second kappa shape index (κ2) is 8.14. The van der Waals surface area contributed by atoms with E-state index in [1.807, 2.05) is 24.3 Å². The lowest BCUT2D eigenvalue weighted by molar-refractivity contribution is -0.385. The van der Waals surface area contributed by atoms with Gasteiger partial charge in [0, 0.05) is 12.6 Å². The summed E-state index contributed by atoms with van der Waals surface area (Å²) in [5.41, 5.74) is 2.21. The molecule has 2 aromatic rings. The predicted molar refractivity (Wildman–Crippen MR) is 86.1 cm³/mol. The van der Waals surface area contributed by atoms with Crippen LogP contribution in [0.5, 0.6) is 5.75 Å². The smallest absolute Gasteiger partial charge is 0.311 e. The molecule has 0 unspecified atom stereocenters. The highest BCUT2D eigenvalue weighted by molar-refractivity contribution is 5.48. The van der Waals surface area contributed by atoms with E-state index in [-0.39, 0.29) is 11.4 Å². The van der Waals surface area contributed by atoms with Crippen molar-refractivity contribution in [1.29, 1.82) is 0 Å². The van der Waals surface area contributed by atoms with Gasteiger partial charge in [-0.15, -0.1) is 0 Å². The molecule has 0 bridgehead atoms. The van der Waals surface area contributed by atoms with Crippen LogP contribution in [0.15, 0.2) is 48.5 Å². The molecule has 116 valence electrons. The summed E-state index contributed by atoms with van der Waals surface area (Å²) in [4.78, 5) is 10.6. The number of methoxy groups -OCH3 is 1. The van der Waals surface area contributed by atoms with Crippen LogP contribution in [0.25, 0.3) is 0 Å². The minimum atomic E-state index is -0.419. The first-order chi connectivity index (χ1) is 10.7. The molecule has 5 nitrogen and oxygen atoms in total. The zero-order chi connectivity index (χ0) is 15.8. The van der Waals surface area contributed by atoms with E-state index >= 15 is 0 Å². The molecular formula is C17H20N2O3. The molecule has 22 heavy (non-hydrogen) atoms. The van der Waals surface area contributed by atoms with Gasteiger partial charge in [-0.25, -0.2) is 0 Å². The Bertz CT molecular complexity index is 615. The molecular weight excluding hydrogens is 280 g/mol. The van der Waals surface area contributed by atoms with Gasteiger partial charge in [0.2, 0.25) is 0 Å². The van der Waals surface area contributed by atoms with Crippen LogP contribution in [0, 0.1) is 10.1 Å². The topological polar surface area (TPSA) is 64.4 Å². The normalized spacial score (nSPS) is 10.4. The van der Waals surface area contributed by atoms with Gasteiger partial charge in [-0.1, -0.05) is 36.4 Å². The maximum Gasteiger partial charge on any atom is 0.311 e. The first kappa shape index (κ1) is 16.0. The van der Waals surface area contributed by atoms with Crippen molar-refractivity contribution in [2.45, 2.75) is 19.4 Å². The minimum Gasteiger partial charge on any atom is -0.490 e. The number of hydrogen-bond donors (Lipinski definition) is 1. The van der Waals surface area contributed by atoms with Gasteiger partial charge in [0.1, 0.15) is 0 Å². The van der Waals surface area contributed by atoms with Crippen LogP contribution in [-0.4, -0.2) is 18.6 Å². The Balaban J connectivity index is 1.79. The number of aryl methyl sites for hydroxylation is 1. The van der Waals surface area contributed by atoms with Crippen LogP contribution in [-0.2, 0) is 13.0 Å². The van der Waals surface area contributed by atoms with Crippen LogP contribution < -0.4 is 10.1 Å². The first-order valence-corrected chi connectivity index (χ1v) is 7.26. The molecule has 0 heterocycles. The number of nitro benzene ring substituents is 1. The molecule has 2 aromatic carbocycles. The SMILES string of the molecule is COc1ccc(CNCCCc2ccccc2)cc1[N+](=O)[O-]. The van der Waals surface area contributed by atoms with Gasteiger partial charge in [0.15, 0.2) is 5.75 Å².